The fraction of sp³-hybridized carbons (Fsp3) is 0.800. The van der Waals surface area contributed by atoms with E-state index in [0.717, 1.165) is 32.1 Å². The maximum absolute atomic E-state index is 11.2. The highest BCUT2D eigenvalue weighted by molar-refractivity contribution is 5.78. The quantitative estimate of drug-likeness (QED) is 0.452. The van der Waals surface area contributed by atoms with Gasteiger partial charge in [-0.15, -0.1) is 6.58 Å². The molecule has 1 aliphatic rings. The standard InChI is InChI=1S/C15H26O2/c1-3-5-6-7-8-9-10-13(4-2)15(11-12-15)14(16)17/h3,13H,1,4-12H2,2H3,(H,16,17). The van der Waals surface area contributed by atoms with Crippen LogP contribution in [0.5, 0.6) is 0 Å². The van der Waals surface area contributed by atoms with Gasteiger partial charge in [0.05, 0.1) is 5.41 Å². The van der Waals surface area contributed by atoms with E-state index in [0.29, 0.717) is 5.92 Å². The number of hydrogen-bond acceptors (Lipinski definition) is 1. The van der Waals surface area contributed by atoms with Crippen LogP contribution >= 0.6 is 0 Å². The van der Waals surface area contributed by atoms with E-state index in [1.54, 1.807) is 0 Å². The van der Waals surface area contributed by atoms with Gasteiger partial charge in [0.1, 0.15) is 0 Å². The highest BCUT2D eigenvalue weighted by Gasteiger charge is 2.54. The predicted octanol–water partition coefficient (Wildman–Crippen LogP) is 4.40. The van der Waals surface area contributed by atoms with Gasteiger partial charge >= 0.3 is 5.97 Å². The lowest BCUT2D eigenvalue weighted by Gasteiger charge is -2.22. The van der Waals surface area contributed by atoms with Gasteiger partial charge in [-0.25, -0.2) is 0 Å². The Balaban J connectivity index is 2.20. The highest BCUT2D eigenvalue weighted by Crippen LogP contribution is 2.55. The molecular weight excluding hydrogens is 212 g/mol. The minimum absolute atomic E-state index is 0.337. The molecule has 0 heterocycles. The Kier molecular flexibility index (Phi) is 5.73. The SMILES string of the molecule is C=CCCCCCCC(CC)C1(C(=O)O)CC1. The van der Waals surface area contributed by atoms with Crippen molar-refractivity contribution in [2.45, 2.75) is 64.7 Å². The maximum atomic E-state index is 11.2. The first-order chi connectivity index (χ1) is 8.17. The fourth-order valence-electron chi connectivity index (χ4n) is 2.84. The van der Waals surface area contributed by atoms with Gasteiger partial charge < -0.3 is 5.11 Å². The molecule has 0 aromatic heterocycles. The first-order valence-electron chi connectivity index (χ1n) is 7.01. The first kappa shape index (κ1) is 14.3. The lowest BCUT2D eigenvalue weighted by Crippen LogP contribution is -2.24. The Morgan fingerprint density at radius 1 is 1.35 bits per heavy atom. The molecule has 17 heavy (non-hydrogen) atoms. The van der Waals surface area contributed by atoms with Crippen LogP contribution < -0.4 is 0 Å². The van der Waals surface area contributed by atoms with Crippen LogP contribution in [0.15, 0.2) is 12.7 Å². The molecule has 0 radical (unpaired) electrons. The number of rotatable bonds is 10. The van der Waals surface area contributed by atoms with Crippen molar-refractivity contribution in [2.75, 3.05) is 0 Å². The first-order valence-corrected chi connectivity index (χ1v) is 7.01. The summed E-state index contributed by atoms with van der Waals surface area (Å²) in [4.78, 5) is 11.2. The molecule has 1 fully saturated rings. The molecule has 0 saturated heterocycles. The molecule has 0 aromatic carbocycles. The average molecular weight is 238 g/mol. The van der Waals surface area contributed by atoms with Gasteiger partial charge in [-0.3, -0.25) is 4.79 Å². The van der Waals surface area contributed by atoms with Gasteiger partial charge in [-0.1, -0.05) is 38.7 Å². The number of carboxylic acids is 1. The van der Waals surface area contributed by atoms with Gasteiger partial charge in [-0.2, -0.15) is 0 Å². The Hall–Kier alpha value is -0.790. The van der Waals surface area contributed by atoms with Crippen molar-refractivity contribution in [3.63, 3.8) is 0 Å². The molecule has 98 valence electrons. The Morgan fingerprint density at radius 2 is 2.00 bits per heavy atom. The zero-order chi connectivity index (χ0) is 12.7. The molecule has 0 aliphatic heterocycles. The molecule has 1 aliphatic carbocycles. The molecule has 0 amide bonds. The number of hydrogen-bond donors (Lipinski definition) is 1. The van der Waals surface area contributed by atoms with E-state index in [1.165, 1.54) is 25.7 Å². The van der Waals surface area contributed by atoms with Crippen molar-refractivity contribution in [3.05, 3.63) is 12.7 Å². The number of unbranched alkanes of at least 4 members (excludes halogenated alkanes) is 4. The molecule has 1 unspecified atom stereocenters. The minimum Gasteiger partial charge on any atom is -0.481 e. The summed E-state index contributed by atoms with van der Waals surface area (Å²) < 4.78 is 0. The molecule has 2 heteroatoms. The molecule has 1 rings (SSSR count). The summed E-state index contributed by atoms with van der Waals surface area (Å²) in [7, 11) is 0. The molecule has 2 nitrogen and oxygen atoms in total. The third-order valence-corrected chi connectivity index (χ3v) is 4.20. The largest absolute Gasteiger partial charge is 0.481 e. The van der Waals surface area contributed by atoms with E-state index < -0.39 is 5.97 Å². The van der Waals surface area contributed by atoms with Crippen molar-refractivity contribution < 1.29 is 9.90 Å². The average Bonchev–Trinajstić information content (AvgIpc) is 3.09. The van der Waals surface area contributed by atoms with Crippen LogP contribution in [0, 0.1) is 11.3 Å². The Morgan fingerprint density at radius 3 is 2.47 bits per heavy atom. The summed E-state index contributed by atoms with van der Waals surface area (Å²) in [6.07, 6.45) is 11.9. The Bertz CT molecular complexity index is 254. The minimum atomic E-state index is -0.559. The summed E-state index contributed by atoms with van der Waals surface area (Å²) in [5.74, 6) is -0.157. The second-order valence-corrected chi connectivity index (χ2v) is 5.35. The van der Waals surface area contributed by atoms with Crippen molar-refractivity contribution in [1.82, 2.24) is 0 Å². The van der Waals surface area contributed by atoms with E-state index in [4.69, 9.17) is 0 Å². The van der Waals surface area contributed by atoms with Gasteiger partial charge in [0.25, 0.3) is 0 Å². The normalized spacial score (nSPS) is 18.6. The number of aliphatic carboxylic acids is 1. The predicted molar refractivity (Wildman–Crippen MR) is 71.0 cm³/mol. The van der Waals surface area contributed by atoms with Crippen LogP contribution in [0.2, 0.25) is 0 Å². The van der Waals surface area contributed by atoms with Crippen LogP contribution in [0.4, 0.5) is 0 Å². The highest BCUT2D eigenvalue weighted by atomic mass is 16.4. The van der Waals surface area contributed by atoms with Crippen LogP contribution in [-0.4, -0.2) is 11.1 Å². The number of carbonyl (C=O) groups is 1. The molecule has 1 atom stereocenters. The van der Waals surface area contributed by atoms with E-state index in [1.807, 2.05) is 6.08 Å². The van der Waals surface area contributed by atoms with Crippen LogP contribution in [0.3, 0.4) is 0 Å². The number of allylic oxidation sites excluding steroid dienone is 1. The zero-order valence-corrected chi connectivity index (χ0v) is 11.1. The summed E-state index contributed by atoms with van der Waals surface area (Å²) in [5.41, 5.74) is -0.337. The third kappa shape index (κ3) is 3.86. The molecule has 1 saturated carbocycles. The Labute approximate surface area is 105 Å². The second-order valence-electron chi connectivity index (χ2n) is 5.35. The summed E-state index contributed by atoms with van der Waals surface area (Å²) in [6.45, 7) is 5.85. The molecule has 0 aromatic rings. The summed E-state index contributed by atoms with van der Waals surface area (Å²) in [6, 6.07) is 0. The molecule has 1 N–H and O–H groups in total. The van der Waals surface area contributed by atoms with Crippen LogP contribution in [0.1, 0.15) is 64.7 Å². The lowest BCUT2D eigenvalue weighted by molar-refractivity contribution is -0.145. The summed E-state index contributed by atoms with van der Waals surface area (Å²) >= 11 is 0. The van der Waals surface area contributed by atoms with Crippen LogP contribution in [-0.2, 0) is 4.79 Å². The van der Waals surface area contributed by atoms with E-state index in [2.05, 4.69) is 13.5 Å². The smallest absolute Gasteiger partial charge is 0.309 e. The molecular formula is C15H26O2. The second kappa shape index (κ2) is 6.83. The van der Waals surface area contributed by atoms with E-state index >= 15 is 0 Å². The maximum Gasteiger partial charge on any atom is 0.309 e. The van der Waals surface area contributed by atoms with Gasteiger partial charge in [0.2, 0.25) is 0 Å². The van der Waals surface area contributed by atoms with Gasteiger partial charge in [0.15, 0.2) is 0 Å². The van der Waals surface area contributed by atoms with Gasteiger partial charge in [-0.05, 0) is 38.0 Å². The number of carboxylic acid groups (broad SMARTS) is 1. The summed E-state index contributed by atoms with van der Waals surface area (Å²) in [5, 5.41) is 9.27. The monoisotopic (exact) mass is 238 g/mol. The van der Waals surface area contributed by atoms with Crippen molar-refractivity contribution in [1.29, 1.82) is 0 Å². The van der Waals surface area contributed by atoms with Gasteiger partial charge in [0, 0.05) is 0 Å². The fourth-order valence-corrected chi connectivity index (χ4v) is 2.84. The lowest BCUT2D eigenvalue weighted by atomic mass is 9.83. The van der Waals surface area contributed by atoms with Crippen molar-refractivity contribution in [3.8, 4) is 0 Å². The molecule has 0 bridgehead atoms. The molecule has 0 spiro atoms. The van der Waals surface area contributed by atoms with E-state index in [-0.39, 0.29) is 5.41 Å². The third-order valence-electron chi connectivity index (χ3n) is 4.20. The zero-order valence-electron chi connectivity index (χ0n) is 11.1. The van der Waals surface area contributed by atoms with E-state index in [9.17, 15) is 9.90 Å². The van der Waals surface area contributed by atoms with Crippen molar-refractivity contribution >= 4 is 5.97 Å². The van der Waals surface area contributed by atoms with Crippen molar-refractivity contribution in [2.24, 2.45) is 11.3 Å². The topological polar surface area (TPSA) is 37.3 Å². The van der Waals surface area contributed by atoms with Crippen LogP contribution in [0.25, 0.3) is 0 Å².